The van der Waals surface area contributed by atoms with E-state index in [2.05, 4.69) is 0 Å². The predicted molar refractivity (Wildman–Crippen MR) is 97.5 cm³/mol. The van der Waals surface area contributed by atoms with Gasteiger partial charge in [0.2, 0.25) is 0 Å². The van der Waals surface area contributed by atoms with Crippen LogP contribution in [0, 0.1) is 0 Å². The standard InChI is InChI=1S/C20H19ClO4/c1-3-24-20(23)19(14(2)22)12-16-5-4-6-18(11-16)25-13-15-7-9-17(21)10-8-15/h4-12H,3,13H2,1-2H3. The average molecular weight is 359 g/mol. The highest BCUT2D eigenvalue weighted by molar-refractivity contribution is 6.30. The van der Waals surface area contributed by atoms with E-state index in [0.717, 1.165) is 5.56 Å². The number of ether oxygens (including phenoxy) is 2. The van der Waals surface area contributed by atoms with E-state index in [-0.39, 0.29) is 18.0 Å². The van der Waals surface area contributed by atoms with Crippen LogP contribution in [0.4, 0.5) is 0 Å². The highest BCUT2D eigenvalue weighted by Crippen LogP contribution is 2.19. The largest absolute Gasteiger partial charge is 0.489 e. The number of halogens is 1. The summed E-state index contributed by atoms with van der Waals surface area (Å²) in [6, 6.07) is 14.5. The Kier molecular flexibility index (Phi) is 6.78. The second kappa shape index (κ2) is 9.04. The molecular formula is C20H19ClO4. The number of ketones is 1. The van der Waals surface area contributed by atoms with Crippen molar-refractivity contribution in [3.63, 3.8) is 0 Å². The molecule has 0 heterocycles. The summed E-state index contributed by atoms with van der Waals surface area (Å²) >= 11 is 5.86. The molecular weight excluding hydrogens is 340 g/mol. The number of carbonyl (C=O) groups excluding carboxylic acids is 2. The smallest absolute Gasteiger partial charge is 0.341 e. The van der Waals surface area contributed by atoms with E-state index in [0.29, 0.717) is 22.9 Å². The molecule has 2 aromatic carbocycles. The van der Waals surface area contributed by atoms with Crippen molar-refractivity contribution in [3.8, 4) is 5.75 Å². The summed E-state index contributed by atoms with van der Waals surface area (Å²) in [6.07, 6.45) is 1.51. The molecule has 2 rings (SSSR count). The van der Waals surface area contributed by atoms with Crippen LogP contribution in [0.15, 0.2) is 54.1 Å². The molecule has 0 fully saturated rings. The lowest BCUT2D eigenvalue weighted by Crippen LogP contribution is -2.13. The number of hydrogen-bond acceptors (Lipinski definition) is 4. The SMILES string of the molecule is CCOC(=O)C(=Cc1cccc(OCc2ccc(Cl)cc2)c1)C(C)=O. The van der Waals surface area contributed by atoms with Gasteiger partial charge in [-0.3, -0.25) is 4.79 Å². The molecule has 0 saturated carbocycles. The van der Waals surface area contributed by atoms with Crippen LogP contribution < -0.4 is 4.74 Å². The highest BCUT2D eigenvalue weighted by Gasteiger charge is 2.15. The molecule has 5 heteroatoms. The number of hydrogen-bond donors (Lipinski definition) is 0. The fourth-order valence-corrected chi connectivity index (χ4v) is 2.25. The van der Waals surface area contributed by atoms with Gasteiger partial charge < -0.3 is 9.47 Å². The zero-order chi connectivity index (χ0) is 18.2. The van der Waals surface area contributed by atoms with Gasteiger partial charge in [-0.15, -0.1) is 0 Å². The first-order valence-corrected chi connectivity index (χ1v) is 8.24. The first-order chi connectivity index (χ1) is 12.0. The number of Topliss-reactive ketones (excluding diaryl/α,β-unsaturated/α-hetero) is 1. The number of esters is 1. The van der Waals surface area contributed by atoms with Crippen LogP contribution in [0.25, 0.3) is 6.08 Å². The first kappa shape index (κ1) is 18.7. The minimum atomic E-state index is -0.623. The van der Waals surface area contributed by atoms with Crippen molar-refractivity contribution in [2.75, 3.05) is 6.61 Å². The molecule has 0 aliphatic heterocycles. The first-order valence-electron chi connectivity index (χ1n) is 7.86. The van der Waals surface area contributed by atoms with Crippen molar-refractivity contribution in [1.29, 1.82) is 0 Å². The Hall–Kier alpha value is -2.59. The maximum atomic E-state index is 11.9. The maximum Gasteiger partial charge on any atom is 0.341 e. The molecule has 0 aromatic heterocycles. The summed E-state index contributed by atoms with van der Waals surface area (Å²) in [6.45, 7) is 3.64. The van der Waals surface area contributed by atoms with E-state index in [1.165, 1.54) is 13.0 Å². The van der Waals surface area contributed by atoms with Gasteiger partial charge in [0.25, 0.3) is 0 Å². The summed E-state index contributed by atoms with van der Waals surface area (Å²) in [7, 11) is 0. The van der Waals surface area contributed by atoms with E-state index in [1.54, 1.807) is 37.3 Å². The molecule has 0 bridgehead atoms. The quantitative estimate of drug-likeness (QED) is 0.317. The third-order valence-corrected chi connectivity index (χ3v) is 3.61. The lowest BCUT2D eigenvalue weighted by Gasteiger charge is -2.08. The third kappa shape index (κ3) is 5.76. The van der Waals surface area contributed by atoms with E-state index < -0.39 is 5.97 Å². The topological polar surface area (TPSA) is 52.6 Å². The van der Waals surface area contributed by atoms with Gasteiger partial charge in [0.05, 0.1) is 6.61 Å². The van der Waals surface area contributed by atoms with E-state index in [9.17, 15) is 9.59 Å². The zero-order valence-electron chi connectivity index (χ0n) is 14.1. The van der Waals surface area contributed by atoms with Crippen molar-refractivity contribution < 1.29 is 19.1 Å². The Morgan fingerprint density at radius 2 is 1.84 bits per heavy atom. The van der Waals surface area contributed by atoms with Crippen molar-refractivity contribution in [3.05, 3.63) is 70.3 Å². The molecule has 4 nitrogen and oxygen atoms in total. The van der Waals surface area contributed by atoms with Gasteiger partial charge in [-0.25, -0.2) is 4.79 Å². The normalized spacial score (nSPS) is 11.1. The molecule has 0 aliphatic carbocycles. The van der Waals surface area contributed by atoms with Crippen LogP contribution in [0.1, 0.15) is 25.0 Å². The van der Waals surface area contributed by atoms with E-state index >= 15 is 0 Å². The summed E-state index contributed by atoms with van der Waals surface area (Å²) < 4.78 is 10.7. The van der Waals surface area contributed by atoms with Crippen molar-refractivity contribution >= 4 is 29.4 Å². The van der Waals surface area contributed by atoms with Gasteiger partial charge in [0.1, 0.15) is 17.9 Å². The molecule has 0 N–H and O–H groups in total. The van der Waals surface area contributed by atoms with Crippen LogP contribution in [0.5, 0.6) is 5.75 Å². The van der Waals surface area contributed by atoms with Crippen LogP contribution >= 0.6 is 11.6 Å². The Labute approximate surface area is 152 Å². The monoisotopic (exact) mass is 358 g/mol. The van der Waals surface area contributed by atoms with Crippen molar-refractivity contribution in [2.45, 2.75) is 20.5 Å². The van der Waals surface area contributed by atoms with Gasteiger partial charge in [0.15, 0.2) is 5.78 Å². The van der Waals surface area contributed by atoms with Gasteiger partial charge in [-0.2, -0.15) is 0 Å². The number of rotatable bonds is 7. The molecule has 0 radical (unpaired) electrons. The molecule has 0 spiro atoms. The van der Waals surface area contributed by atoms with Gasteiger partial charge in [0, 0.05) is 5.02 Å². The average Bonchev–Trinajstić information content (AvgIpc) is 2.59. The second-order valence-electron chi connectivity index (χ2n) is 5.32. The van der Waals surface area contributed by atoms with Crippen LogP contribution in [0.2, 0.25) is 5.02 Å². The molecule has 25 heavy (non-hydrogen) atoms. The molecule has 0 saturated heterocycles. The minimum Gasteiger partial charge on any atom is -0.489 e. The predicted octanol–water partition coefficient (Wildman–Crippen LogP) is 4.45. The van der Waals surface area contributed by atoms with Crippen LogP contribution in [-0.4, -0.2) is 18.4 Å². The van der Waals surface area contributed by atoms with Gasteiger partial charge in [-0.1, -0.05) is 35.9 Å². The molecule has 0 atom stereocenters. The number of carbonyl (C=O) groups is 2. The maximum absolute atomic E-state index is 11.9. The van der Waals surface area contributed by atoms with Gasteiger partial charge in [-0.05, 0) is 55.3 Å². The fourth-order valence-electron chi connectivity index (χ4n) is 2.12. The Morgan fingerprint density at radius 1 is 1.12 bits per heavy atom. The van der Waals surface area contributed by atoms with Gasteiger partial charge >= 0.3 is 5.97 Å². The third-order valence-electron chi connectivity index (χ3n) is 3.36. The molecule has 2 aromatic rings. The summed E-state index contributed by atoms with van der Waals surface area (Å²) in [5.41, 5.74) is 1.69. The van der Waals surface area contributed by atoms with Crippen molar-refractivity contribution in [1.82, 2.24) is 0 Å². The molecule has 0 aliphatic rings. The molecule has 0 amide bonds. The Morgan fingerprint density at radius 3 is 2.48 bits per heavy atom. The Balaban J connectivity index is 2.13. The Bertz CT molecular complexity index is 779. The van der Waals surface area contributed by atoms with E-state index in [4.69, 9.17) is 21.1 Å². The molecule has 130 valence electrons. The molecule has 0 unspecified atom stereocenters. The van der Waals surface area contributed by atoms with Crippen LogP contribution in [-0.2, 0) is 20.9 Å². The second-order valence-corrected chi connectivity index (χ2v) is 5.76. The number of benzene rings is 2. The van der Waals surface area contributed by atoms with E-state index in [1.807, 2.05) is 18.2 Å². The zero-order valence-corrected chi connectivity index (χ0v) is 14.9. The minimum absolute atomic E-state index is 0.0108. The summed E-state index contributed by atoms with van der Waals surface area (Å²) in [5, 5.41) is 0.673. The fraction of sp³-hybridized carbons (Fsp3) is 0.200. The lowest BCUT2D eigenvalue weighted by atomic mass is 10.1. The lowest BCUT2D eigenvalue weighted by molar-refractivity contribution is -0.139. The summed E-state index contributed by atoms with van der Waals surface area (Å²) in [4.78, 5) is 23.5. The van der Waals surface area contributed by atoms with Crippen LogP contribution in [0.3, 0.4) is 0 Å². The summed E-state index contributed by atoms with van der Waals surface area (Å²) in [5.74, 6) is -0.330. The van der Waals surface area contributed by atoms with Crippen molar-refractivity contribution in [2.24, 2.45) is 0 Å². The highest BCUT2D eigenvalue weighted by atomic mass is 35.5.